The van der Waals surface area contributed by atoms with Crippen molar-refractivity contribution in [3.05, 3.63) is 34.9 Å². The summed E-state index contributed by atoms with van der Waals surface area (Å²) in [6.07, 6.45) is 0.687. The minimum absolute atomic E-state index is 0.137. The van der Waals surface area contributed by atoms with E-state index < -0.39 is 23.1 Å². The van der Waals surface area contributed by atoms with Gasteiger partial charge >= 0.3 is 0 Å². The number of aryl methyl sites for hydroxylation is 1. The van der Waals surface area contributed by atoms with Crippen molar-refractivity contribution in [2.75, 3.05) is 5.33 Å². The summed E-state index contributed by atoms with van der Waals surface area (Å²) in [5, 5.41) is 3.12. The maximum Gasteiger partial charge on any atom is 0.257 e. The Morgan fingerprint density at radius 1 is 1.47 bits per heavy atom. The van der Waals surface area contributed by atoms with Crippen molar-refractivity contribution < 1.29 is 13.6 Å². The minimum Gasteiger partial charge on any atom is -0.348 e. The Hall–Kier alpha value is -0.970. The van der Waals surface area contributed by atoms with E-state index >= 15 is 0 Å². The first-order valence-corrected chi connectivity index (χ1v) is 6.44. The predicted molar refractivity (Wildman–Crippen MR) is 66.4 cm³/mol. The fourth-order valence-electron chi connectivity index (χ4n) is 1.37. The van der Waals surface area contributed by atoms with Crippen LogP contribution >= 0.6 is 15.9 Å². The molecule has 0 aliphatic carbocycles. The van der Waals surface area contributed by atoms with Crippen LogP contribution in [0.25, 0.3) is 0 Å². The quantitative estimate of drug-likeness (QED) is 0.851. The second kappa shape index (κ2) is 6.10. The van der Waals surface area contributed by atoms with E-state index in [-0.39, 0.29) is 11.6 Å². The molecule has 5 heteroatoms. The molecule has 94 valence electrons. The van der Waals surface area contributed by atoms with Crippen LogP contribution in [-0.2, 0) is 0 Å². The summed E-state index contributed by atoms with van der Waals surface area (Å²) in [5.41, 5.74) is -0.257. The lowest BCUT2D eigenvalue weighted by Gasteiger charge is -2.15. The van der Waals surface area contributed by atoms with Crippen LogP contribution in [0.5, 0.6) is 0 Å². The van der Waals surface area contributed by atoms with E-state index in [1.165, 1.54) is 13.0 Å². The molecular weight excluding hydrogens is 292 g/mol. The lowest BCUT2D eigenvalue weighted by atomic mass is 10.1. The summed E-state index contributed by atoms with van der Waals surface area (Å²) < 4.78 is 27.1. The van der Waals surface area contributed by atoms with Crippen molar-refractivity contribution in [1.82, 2.24) is 5.32 Å². The minimum atomic E-state index is -0.838. The molecule has 0 saturated heterocycles. The van der Waals surface area contributed by atoms with E-state index in [9.17, 15) is 13.6 Å². The molecule has 1 unspecified atom stereocenters. The molecular formula is C12H14BrF2NO. The molecule has 0 saturated carbocycles. The van der Waals surface area contributed by atoms with Crippen LogP contribution in [0.15, 0.2) is 12.1 Å². The second-order valence-corrected chi connectivity index (χ2v) is 4.43. The number of carbonyl (C=O) groups excluding carboxylic acids is 1. The fraction of sp³-hybridized carbons (Fsp3) is 0.417. The summed E-state index contributed by atoms with van der Waals surface area (Å²) >= 11 is 3.23. The van der Waals surface area contributed by atoms with E-state index in [4.69, 9.17) is 0 Å². The predicted octanol–water partition coefficient (Wildman–Crippen LogP) is 3.18. The average Bonchev–Trinajstić information content (AvgIpc) is 2.31. The van der Waals surface area contributed by atoms with Gasteiger partial charge in [0.2, 0.25) is 0 Å². The first kappa shape index (κ1) is 14.1. The molecule has 1 N–H and O–H groups in total. The van der Waals surface area contributed by atoms with Crippen LogP contribution in [-0.4, -0.2) is 17.3 Å². The van der Waals surface area contributed by atoms with Gasteiger partial charge < -0.3 is 5.32 Å². The summed E-state index contributed by atoms with van der Waals surface area (Å²) in [7, 11) is 0. The Labute approximate surface area is 108 Å². The number of amides is 1. The third-order valence-electron chi connectivity index (χ3n) is 2.53. The Balaban J connectivity index is 3.00. The smallest absolute Gasteiger partial charge is 0.257 e. The molecule has 0 aliphatic rings. The van der Waals surface area contributed by atoms with E-state index in [1.54, 1.807) is 0 Å². The Morgan fingerprint density at radius 2 is 2.12 bits per heavy atom. The molecule has 0 radical (unpaired) electrons. The van der Waals surface area contributed by atoms with Gasteiger partial charge in [-0.2, -0.15) is 0 Å². The van der Waals surface area contributed by atoms with Crippen molar-refractivity contribution >= 4 is 21.8 Å². The monoisotopic (exact) mass is 305 g/mol. The zero-order valence-corrected chi connectivity index (χ0v) is 11.3. The fourth-order valence-corrected chi connectivity index (χ4v) is 1.99. The number of halogens is 3. The maximum absolute atomic E-state index is 13.7. The van der Waals surface area contributed by atoms with Crippen molar-refractivity contribution in [1.29, 1.82) is 0 Å². The molecule has 0 aromatic heterocycles. The number of carbonyl (C=O) groups is 1. The average molecular weight is 306 g/mol. The van der Waals surface area contributed by atoms with Crippen molar-refractivity contribution in [3.8, 4) is 0 Å². The first-order chi connectivity index (χ1) is 8.01. The largest absolute Gasteiger partial charge is 0.348 e. The third kappa shape index (κ3) is 3.25. The van der Waals surface area contributed by atoms with Crippen molar-refractivity contribution in [3.63, 3.8) is 0 Å². The van der Waals surface area contributed by atoms with Crippen LogP contribution in [0.1, 0.15) is 29.3 Å². The molecule has 1 aromatic carbocycles. The molecule has 0 heterocycles. The Morgan fingerprint density at radius 3 is 2.65 bits per heavy atom. The first-order valence-electron chi connectivity index (χ1n) is 5.32. The lowest BCUT2D eigenvalue weighted by molar-refractivity contribution is 0.0931. The molecule has 1 amide bonds. The van der Waals surface area contributed by atoms with Crippen LogP contribution in [0.2, 0.25) is 0 Å². The molecule has 1 atom stereocenters. The molecule has 17 heavy (non-hydrogen) atoms. The summed E-state index contributed by atoms with van der Waals surface area (Å²) in [5.74, 6) is -2.35. The maximum atomic E-state index is 13.7. The van der Waals surface area contributed by atoms with Gasteiger partial charge in [-0.1, -0.05) is 28.9 Å². The summed E-state index contributed by atoms with van der Waals surface area (Å²) in [6, 6.07) is 2.27. The number of hydrogen-bond acceptors (Lipinski definition) is 1. The van der Waals surface area contributed by atoms with E-state index in [2.05, 4.69) is 21.2 Å². The molecule has 0 bridgehead atoms. The number of nitrogens with one attached hydrogen (secondary N) is 1. The summed E-state index contributed by atoms with van der Waals surface area (Å²) in [4.78, 5) is 11.8. The van der Waals surface area contributed by atoms with Gasteiger partial charge in [0.05, 0.1) is 0 Å². The highest BCUT2D eigenvalue weighted by Gasteiger charge is 2.20. The number of rotatable bonds is 4. The molecule has 1 rings (SSSR count). The van der Waals surface area contributed by atoms with Crippen LogP contribution in [0.4, 0.5) is 8.78 Å². The second-order valence-electron chi connectivity index (χ2n) is 3.79. The standard InChI is InChI=1S/C12H14BrF2NO/c1-3-8(6-13)16-12(17)10-9(14)5-4-7(2)11(10)15/h4-5,8H,3,6H2,1-2H3,(H,16,17). The van der Waals surface area contributed by atoms with E-state index in [1.807, 2.05) is 6.92 Å². The number of alkyl halides is 1. The van der Waals surface area contributed by atoms with Gasteiger partial charge in [0.15, 0.2) is 0 Å². The Kier molecular flexibility index (Phi) is 5.05. The van der Waals surface area contributed by atoms with Gasteiger partial charge in [0.25, 0.3) is 5.91 Å². The van der Waals surface area contributed by atoms with E-state index in [0.717, 1.165) is 6.07 Å². The zero-order chi connectivity index (χ0) is 13.0. The van der Waals surface area contributed by atoms with Gasteiger partial charge in [0, 0.05) is 11.4 Å². The highest BCUT2D eigenvalue weighted by atomic mass is 79.9. The van der Waals surface area contributed by atoms with Crippen LogP contribution in [0, 0.1) is 18.6 Å². The van der Waals surface area contributed by atoms with Crippen molar-refractivity contribution in [2.45, 2.75) is 26.3 Å². The van der Waals surface area contributed by atoms with Crippen LogP contribution < -0.4 is 5.32 Å². The molecule has 2 nitrogen and oxygen atoms in total. The van der Waals surface area contributed by atoms with Gasteiger partial charge in [-0.25, -0.2) is 8.78 Å². The van der Waals surface area contributed by atoms with Gasteiger partial charge in [-0.05, 0) is 25.0 Å². The number of hydrogen-bond donors (Lipinski definition) is 1. The van der Waals surface area contributed by atoms with Gasteiger partial charge in [-0.3, -0.25) is 4.79 Å². The Bertz CT molecular complexity index is 419. The van der Waals surface area contributed by atoms with Crippen molar-refractivity contribution in [2.24, 2.45) is 0 Å². The molecule has 0 fully saturated rings. The topological polar surface area (TPSA) is 29.1 Å². The number of benzene rings is 1. The zero-order valence-electron chi connectivity index (χ0n) is 9.69. The van der Waals surface area contributed by atoms with E-state index in [0.29, 0.717) is 11.8 Å². The lowest BCUT2D eigenvalue weighted by Crippen LogP contribution is -2.36. The molecule has 1 aromatic rings. The molecule has 0 aliphatic heterocycles. The highest BCUT2D eigenvalue weighted by Crippen LogP contribution is 2.16. The normalized spacial score (nSPS) is 12.3. The van der Waals surface area contributed by atoms with Crippen LogP contribution in [0.3, 0.4) is 0 Å². The third-order valence-corrected chi connectivity index (χ3v) is 3.31. The van der Waals surface area contributed by atoms with Gasteiger partial charge in [0.1, 0.15) is 17.2 Å². The molecule has 0 spiro atoms. The summed E-state index contributed by atoms with van der Waals surface area (Å²) in [6.45, 7) is 3.38. The van der Waals surface area contributed by atoms with Gasteiger partial charge in [-0.15, -0.1) is 0 Å². The SMILES string of the molecule is CCC(CBr)NC(=O)c1c(F)ccc(C)c1F. The highest BCUT2D eigenvalue weighted by molar-refractivity contribution is 9.09.